The summed E-state index contributed by atoms with van der Waals surface area (Å²) in [4.78, 5) is 24.1. The van der Waals surface area contributed by atoms with Gasteiger partial charge in [0.1, 0.15) is 5.82 Å². The molecule has 0 unspecified atom stereocenters. The third kappa shape index (κ3) is 2.52. The van der Waals surface area contributed by atoms with E-state index in [0.29, 0.717) is 17.4 Å². The number of carbonyl (C=O) groups excluding carboxylic acids is 1. The summed E-state index contributed by atoms with van der Waals surface area (Å²) >= 11 is 0. The second-order valence-electron chi connectivity index (χ2n) is 6.76. The Morgan fingerprint density at radius 2 is 1.77 bits per heavy atom. The zero-order valence-electron chi connectivity index (χ0n) is 14.2. The van der Waals surface area contributed by atoms with E-state index < -0.39 is 0 Å². The lowest BCUT2D eigenvalue weighted by molar-refractivity contribution is 0.102. The van der Waals surface area contributed by atoms with Crippen LogP contribution >= 0.6 is 0 Å². The van der Waals surface area contributed by atoms with E-state index in [9.17, 15) is 4.79 Å². The molecule has 3 heterocycles. The van der Waals surface area contributed by atoms with Crippen LogP contribution in [0.1, 0.15) is 34.3 Å². The summed E-state index contributed by atoms with van der Waals surface area (Å²) < 4.78 is 0. The van der Waals surface area contributed by atoms with Gasteiger partial charge in [0, 0.05) is 18.4 Å². The first-order valence-corrected chi connectivity index (χ1v) is 8.88. The molecule has 1 saturated carbocycles. The van der Waals surface area contributed by atoms with Crippen LogP contribution in [-0.2, 0) is 6.42 Å². The molecule has 2 aliphatic rings. The first kappa shape index (κ1) is 15.1. The molecule has 3 aromatic rings. The second-order valence-corrected chi connectivity index (χ2v) is 6.76. The topological polar surface area (TPSA) is 58.1 Å². The van der Waals surface area contributed by atoms with Gasteiger partial charge in [0.15, 0.2) is 5.82 Å². The van der Waals surface area contributed by atoms with Crippen molar-refractivity contribution >= 4 is 23.2 Å². The maximum Gasteiger partial charge on any atom is 0.259 e. The summed E-state index contributed by atoms with van der Waals surface area (Å²) in [6.45, 7) is 0. The summed E-state index contributed by atoms with van der Waals surface area (Å²) in [5, 5.41) is 3.10. The standard InChI is InChI=1S/C21H18N4O/c26-21-17-7-4-11-22-19(17)25(16-8-9-16)20-18(24-21)15(10-12-23-20)13-14-5-2-1-3-6-14/h1-7,10-12,16H,8-9,13H2,(H,24,26). The van der Waals surface area contributed by atoms with Crippen molar-refractivity contribution in [2.75, 3.05) is 10.2 Å². The molecule has 26 heavy (non-hydrogen) atoms. The number of hydrogen-bond donors (Lipinski definition) is 1. The van der Waals surface area contributed by atoms with E-state index in [4.69, 9.17) is 0 Å². The summed E-state index contributed by atoms with van der Waals surface area (Å²) in [7, 11) is 0. The van der Waals surface area contributed by atoms with Crippen LogP contribution in [0.15, 0.2) is 60.9 Å². The fraction of sp³-hybridized carbons (Fsp3) is 0.190. The number of fused-ring (bicyclic) bond motifs is 2. The van der Waals surface area contributed by atoms with Gasteiger partial charge in [-0.25, -0.2) is 9.97 Å². The minimum Gasteiger partial charge on any atom is -0.318 e. The van der Waals surface area contributed by atoms with Crippen LogP contribution < -0.4 is 10.2 Å². The van der Waals surface area contributed by atoms with E-state index in [0.717, 1.165) is 36.3 Å². The van der Waals surface area contributed by atoms with Gasteiger partial charge in [-0.15, -0.1) is 0 Å². The van der Waals surface area contributed by atoms with Crippen molar-refractivity contribution in [1.29, 1.82) is 0 Å². The van der Waals surface area contributed by atoms with Gasteiger partial charge in [-0.1, -0.05) is 30.3 Å². The normalized spacial score (nSPS) is 15.7. The lowest BCUT2D eigenvalue weighted by atomic mass is 10.0. The van der Waals surface area contributed by atoms with Crippen molar-refractivity contribution < 1.29 is 4.79 Å². The van der Waals surface area contributed by atoms with E-state index >= 15 is 0 Å². The zero-order chi connectivity index (χ0) is 17.5. The number of rotatable bonds is 3. The van der Waals surface area contributed by atoms with E-state index in [1.807, 2.05) is 36.5 Å². The van der Waals surface area contributed by atoms with Gasteiger partial charge < -0.3 is 10.2 Å². The first-order chi connectivity index (χ1) is 12.8. The highest BCUT2D eigenvalue weighted by Crippen LogP contribution is 2.44. The van der Waals surface area contributed by atoms with Crippen LogP contribution in [0.3, 0.4) is 0 Å². The molecule has 0 atom stereocenters. The van der Waals surface area contributed by atoms with Crippen LogP contribution in [0, 0.1) is 0 Å². The lowest BCUT2D eigenvalue weighted by Crippen LogP contribution is -2.22. The van der Waals surface area contributed by atoms with Crippen LogP contribution in [0.4, 0.5) is 17.3 Å². The van der Waals surface area contributed by atoms with E-state index in [2.05, 4.69) is 32.3 Å². The van der Waals surface area contributed by atoms with Crippen LogP contribution in [0.2, 0.25) is 0 Å². The lowest BCUT2D eigenvalue weighted by Gasteiger charge is -2.24. The van der Waals surface area contributed by atoms with E-state index in [1.54, 1.807) is 12.3 Å². The van der Waals surface area contributed by atoms with Gasteiger partial charge in [-0.2, -0.15) is 0 Å². The van der Waals surface area contributed by atoms with Crippen LogP contribution in [0.5, 0.6) is 0 Å². The maximum atomic E-state index is 12.9. The minimum atomic E-state index is -0.125. The Bertz CT molecular complexity index is 982. The molecule has 2 aromatic heterocycles. The highest BCUT2D eigenvalue weighted by molar-refractivity contribution is 6.12. The van der Waals surface area contributed by atoms with Crippen LogP contribution in [0.25, 0.3) is 0 Å². The molecule has 128 valence electrons. The SMILES string of the molecule is O=C1Nc2c(Cc3ccccc3)ccnc2N(C2CC2)c2ncccc21. The van der Waals surface area contributed by atoms with Gasteiger partial charge in [0.2, 0.25) is 0 Å². The highest BCUT2D eigenvalue weighted by atomic mass is 16.1. The summed E-state index contributed by atoms with van der Waals surface area (Å²) in [6, 6.07) is 16.2. The Balaban J connectivity index is 1.66. The number of aromatic nitrogens is 2. The molecule has 0 spiro atoms. The molecule has 5 heteroatoms. The molecule has 0 saturated heterocycles. The van der Waals surface area contributed by atoms with Gasteiger partial charge in [-0.3, -0.25) is 4.79 Å². The zero-order valence-corrected chi connectivity index (χ0v) is 14.2. The average Bonchev–Trinajstić information content (AvgIpc) is 3.50. The summed E-state index contributed by atoms with van der Waals surface area (Å²) in [6.07, 6.45) is 6.49. The van der Waals surface area contributed by atoms with Gasteiger partial charge in [0.05, 0.1) is 11.3 Å². The van der Waals surface area contributed by atoms with Crippen LogP contribution in [-0.4, -0.2) is 21.9 Å². The van der Waals surface area contributed by atoms with Crippen molar-refractivity contribution in [3.05, 3.63) is 77.6 Å². The first-order valence-electron chi connectivity index (χ1n) is 8.88. The Labute approximate surface area is 151 Å². The number of carbonyl (C=O) groups is 1. The van der Waals surface area contributed by atoms with E-state index in [-0.39, 0.29) is 5.91 Å². The molecule has 1 aliphatic heterocycles. The number of nitrogens with zero attached hydrogens (tertiary/aromatic N) is 3. The summed E-state index contributed by atoms with van der Waals surface area (Å²) in [5.74, 6) is 1.38. The summed E-state index contributed by atoms with van der Waals surface area (Å²) in [5.41, 5.74) is 3.66. The average molecular weight is 342 g/mol. The highest BCUT2D eigenvalue weighted by Gasteiger charge is 2.38. The Hall–Kier alpha value is -3.21. The molecule has 1 aliphatic carbocycles. The monoisotopic (exact) mass is 342 g/mol. The molecular formula is C21H18N4O. The van der Waals surface area contributed by atoms with Gasteiger partial charge in [0.25, 0.3) is 5.91 Å². The Morgan fingerprint density at radius 1 is 0.962 bits per heavy atom. The number of pyridine rings is 2. The minimum absolute atomic E-state index is 0.125. The molecule has 0 bridgehead atoms. The number of hydrogen-bond acceptors (Lipinski definition) is 4. The predicted molar refractivity (Wildman–Crippen MR) is 101 cm³/mol. The molecule has 5 rings (SSSR count). The maximum absolute atomic E-state index is 12.9. The largest absolute Gasteiger partial charge is 0.318 e. The number of anilines is 3. The predicted octanol–water partition coefficient (Wildman–Crippen LogP) is 3.93. The fourth-order valence-corrected chi connectivity index (χ4v) is 3.50. The van der Waals surface area contributed by atoms with Crippen molar-refractivity contribution in [2.45, 2.75) is 25.3 Å². The molecular weight excluding hydrogens is 324 g/mol. The Morgan fingerprint density at radius 3 is 2.58 bits per heavy atom. The van der Waals surface area contributed by atoms with Crippen molar-refractivity contribution in [1.82, 2.24) is 9.97 Å². The smallest absolute Gasteiger partial charge is 0.259 e. The van der Waals surface area contributed by atoms with Crippen molar-refractivity contribution in [2.24, 2.45) is 0 Å². The molecule has 5 nitrogen and oxygen atoms in total. The quantitative estimate of drug-likeness (QED) is 0.783. The molecule has 1 aromatic carbocycles. The Kier molecular flexibility index (Phi) is 3.45. The third-order valence-electron chi connectivity index (χ3n) is 4.89. The number of benzene rings is 1. The van der Waals surface area contributed by atoms with E-state index in [1.165, 1.54) is 5.56 Å². The number of amides is 1. The van der Waals surface area contributed by atoms with Gasteiger partial charge in [-0.05, 0) is 48.6 Å². The third-order valence-corrected chi connectivity index (χ3v) is 4.89. The van der Waals surface area contributed by atoms with Crippen molar-refractivity contribution in [3.8, 4) is 0 Å². The van der Waals surface area contributed by atoms with Gasteiger partial charge >= 0.3 is 0 Å². The second kappa shape index (κ2) is 5.95. The molecule has 1 N–H and O–H groups in total. The fourth-order valence-electron chi connectivity index (χ4n) is 3.50. The molecule has 1 amide bonds. The van der Waals surface area contributed by atoms with Crippen molar-refractivity contribution in [3.63, 3.8) is 0 Å². The molecule has 1 fully saturated rings. The number of nitrogens with one attached hydrogen (secondary N) is 1. The molecule has 0 radical (unpaired) electrons.